The molecular formula is C15H17BrN2OS. The molecule has 0 amide bonds. The minimum absolute atomic E-state index is 0.160. The first-order valence-electron chi connectivity index (χ1n) is 6.47. The molecule has 0 aromatic carbocycles. The van der Waals surface area contributed by atoms with Crippen LogP contribution in [0.4, 0.5) is 0 Å². The average molecular weight is 353 g/mol. The number of aryl methyl sites for hydroxylation is 1. The molecule has 20 heavy (non-hydrogen) atoms. The summed E-state index contributed by atoms with van der Waals surface area (Å²) in [5.74, 6) is 0.579. The Balaban J connectivity index is 2.07. The second-order valence-electron chi connectivity index (χ2n) is 4.56. The van der Waals surface area contributed by atoms with Crippen molar-refractivity contribution in [1.29, 1.82) is 0 Å². The molecule has 2 aromatic rings. The summed E-state index contributed by atoms with van der Waals surface area (Å²) < 4.78 is 3.11. The Morgan fingerprint density at radius 2 is 2.15 bits per heavy atom. The number of carbonyl (C=O) groups excluding carboxylic acids is 1. The van der Waals surface area contributed by atoms with Gasteiger partial charge in [0, 0.05) is 34.2 Å². The third-order valence-corrected chi connectivity index (χ3v) is 4.65. The maximum Gasteiger partial charge on any atom is 0.174 e. The molecule has 0 aliphatic carbocycles. The van der Waals surface area contributed by atoms with Crippen molar-refractivity contribution >= 4 is 33.5 Å². The minimum Gasteiger partial charge on any atom is -0.349 e. The number of aromatic nitrogens is 2. The minimum atomic E-state index is 0.160. The summed E-state index contributed by atoms with van der Waals surface area (Å²) in [4.78, 5) is 16.6. The van der Waals surface area contributed by atoms with Crippen molar-refractivity contribution in [2.45, 2.75) is 32.3 Å². The third-order valence-electron chi connectivity index (χ3n) is 3.24. The second kappa shape index (κ2) is 6.59. The monoisotopic (exact) mass is 352 g/mol. The first-order valence-corrected chi connectivity index (χ1v) is 8.25. The fraction of sp³-hybridized carbons (Fsp3) is 0.333. The highest BCUT2D eigenvalue weighted by molar-refractivity contribution is 9.10. The molecule has 2 rings (SSSR count). The van der Waals surface area contributed by atoms with Gasteiger partial charge in [-0.05, 0) is 54.9 Å². The summed E-state index contributed by atoms with van der Waals surface area (Å²) in [5, 5.41) is 0.867. The Hall–Kier alpha value is -1.07. The smallest absolute Gasteiger partial charge is 0.174 e. The molecule has 2 heterocycles. The first kappa shape index (κ1) is 15.3. The lowest BCUT2D eigenvalue weighted by Crippen LogP contribution is -2.06. The maximum absolute atomic E-state index is 12.3. The van der Waals surface area contributed by atoms with Crippen LogP contribution in [0.1, 0.15) is 28.7 Å². The Morgan fingerprint density at radius 1 is 1.40 bits per heavy atom. The van der Waals surface area contributed by atoms with E-state index in [4.69, 9.17) is 0 Å². The van der Waals surface area contributed by atoms with E-state index >= 15 is 0 Å². The van der Waals surface area contributed by atoms with Gasteiger partial charge in [0.1, 0.15) is 0 Å². The lowest BCUT2D eigenvalue weighted by atomic mass is 10.2. The van der Waals surface area contributed by atoms with E-state index in [0.29, 0.717) is 5.75 Å². The van der Waals surface area contributed by atoms with Crippen LogP contribution in [0.15, 0.2) is 33.9 Å². The maximum atomic E-state index is 12.3. The molecule has 3 nitrogen and oxygen atoms in total. The van der Waals surface area contributed by atoms with Crippen molar-refractivity contribution in [1.82, 2.24) is 9.55 Å². The first-order chi connectivity index (χ1) is 9.52. The van der Waals surface area contributed by atoms with Gasteiger partial charge < -0.3 is 4.57 Å². The summed E-state index contributed by atoms with van der Waals surface area (Å²) in [7, 11) is 0. The number of nitrogens with zero attached hydrogens (tertiary/aromatic N) is 2. The van der Waals surface area contributed by atoms with E-state index in [1.165, 1.54) is 11.8 Å². The summed E-state index contributed by atoms with van der Waals surface area (Å²) >= 11 is 4.82. The largest absolute Gasteiger partial charge is 0.349 e. The van der Waals surface area contributed by atoms with Crippen LogP contribution in [-0.4, -0.2) is 21.1 Å². The van der Waals surface area contributed by atoms with Crippen molar-refractivity contribution in [3.63, 3.8) is 0 Å². The van der Waals surface area contributed by atoms with Gasteiger partial charge in [0.25, 0.3) is 0 Å². The lowest BCUT2D eigenvalue weighted by Gasteiger charge is -2.05. The molecule has 0 unspecified atom stereocenters. The van der Waals surface area contributed by atoms with Gasteiger partial charge in [-0.15, -0.1) is 0 Å². The summed E-state index contributed by atoms with van der Waals surface area (Å²) in [6.07, 6.45) is 1.75. The molecular weight excluding hydrogens is 336 g/mol. The number of thioether (sulfide) groups is 1. The Kier molecular flexibility index (Phi) is 5.05. The van der Waals surface area contributed by atoms with Gasteiger partial charge in [-0.2, -0.15) is 0 Å². The Bertz CT molecular complexity index is 620. The van der Waals surface area contributed by atoms with Gasteiger partial charge in [0.15, 0.2) is 5.78 Å². The van der Waals surface area contributed by atoms with Gasteiger partial charge in [0.05, 0.1) is 10.8 Å². The van der Waals surface area contributed by atoms with Crippen LogP contribution >= 0.6 is 27.7 Å². The predicted molar refractivity (Wildman–Crippen MR) is 86.6 cm³/mol. The van der Waals surface area contributed by atoms with Crippen LogP contribution in [0.2, 0.25) is 0 Å². The number of Topliss-reactive ketones (excluding diaryl/α,β-unsaturated/α-hetero) is 1. The average Bonchev–Trinajstić information content (AvgIpc) is 2.72. The van der Waals surface area contributed by atoms with E-state index in [2.05, 4.69) is 32.4 Å². The molecule has 0 bridgehead atoms. The quantitative estimate of drug-likeness (QED) is 0.595. The van der Waals surface area contributed by atoms with Crippen LogP contribution in [0, 0.1) is 13.8 Å². The van der Waals surface area contributed by atoms with Gasteiger partial charge in [-0.25, -0.2) is 4.98 Å². The van der Waals surface area contributed by atoms with Crippen LogP contribution in [0.25, 0.3) is 0 Å². The number of carbonyl (C=O) groups is 1. The molecule has 0 spiro atoms. The van der Waals surface area contributed by atoms with E-state index < -0.39 is 0 Å². The van der Waals surface area contributed by atoms with Crippen molar-refractivity contribution in [2.75, 3.05) is 5.75 Å². The fourth-order valence-corrected chi connectivity index (χ4v) is 3.20. The van der Waals surface area contributed by atoms with Crippen LogP contribution < -0.4 is 0 Å². The number of hydrogen-bond donors (Lipinski definition) is 0. The zero-order chi connectivity index (χ0) is 14.7. The van der Waals surface area contributed by atoms with Crippen LogP contribution in [0.3, 0.4) is 0 Å². The SMILES string of the molecule is CCn1c(C)cc(C(=O)CSc2ccc(Br)cn2)c1C. The molecule has 0 atom stereocenters. The molecule has 0 N–H and O–H groups in total. The Morgan fingerprint density at radius 3 is 2.70 bits per heavy atom. The van der Waals surface area contributed by atoms with Gasteiger partial charge in [0.2, 0.25) is 0 Å². The number of pyridine rings is 1. The van der Waals surface area contributed by atoms with Crippen molar-refractivity contribution in [3.05, 3.63) is 45.8 Å². The molecule has 0 aliphatic rings. The zero-order valence-electron chi connectivity index (χ0n) is 11.8. The summed E-state index contributed by atoms with van der Waals surface area (Å²) in [6, 6.07) is 5.83. The van der Waals surface area contributed by atoms with Gasteiger partial charge in [-0.1, -0.05) is 11.8 Å². The standard InChI is InChI=1S/C15H17BrN2OS/c1-4-18-10(2)7-13(11(18)3)14(19)9-20-15-6-5-12(16)8-17-15/h5-8H,4,9H2,1-3H3. The van der Waals surface area contributed by atoms with E-state index in [0.717, 1.165) is 33.0 Å². The van der Waals surface area contributed by atoms with Crippen LogP contribution in [0.5, 0.6) is 0 Å². The van der Waals surface area contributed by atoms with E-state index in [1.54, 1.807) is 6.20 Å². The van der Waals surface area contributed by atoms with Gasteiger partial charge >= 0.3 is 0 Å². The number of ketones is 1. The van der Waals surface area contributed by atoms with Crippen molar-refractivity contribution in [3.8, 4) is 0 Å². The number of hydrogen-bond acceptors (Lipinski definition) is 3. The lowest BCUT2D eigenvalue weighted by molar-refractivity contribution is 0.102. The molecule has 2 aromatic heterocycles. The van der Waals surface area contributed by atoms with E-state index in [-0.39, 0.29) is 5.78 Å². The highest BCUT2D eigenvalue weighted by Gasteiger charge is 2.15. The molecule has 106 valence electrons. The second-order valence-corrected chi connectivity index (χ2v) is 6.47. The summed E-state index contributed by atoms with van der Waals surface area (Å²) in [5.41, 5.74) is 3.02. The highest BCUT2D eigenvalue weighted by atomic mass is 79.9. The molecule has 0 fully saturated rings. The van der Waals surface area contributed by atoms with Crippen molar-refractivity contribution < 1.29 is 4.79 Å². The zero-order valence-corrected chi connectivity index (χ0v) is 14.2. The van der Waals surface area contributed by atoms with E-state index in [1.807, 2.05) is 32.0 Å². The molecule has 5 heteroatoms. The van der Waals surface area contributed by atoms with E-state index in [9.17, 15) is 4.79 Å². The normalized spacial score (nSPS) is 10.8. The molecule has 0 saturated heterocycles. The predicted octanol–water partition coefficient (Wildman–Crippen LogP) is 4.26. The Labute approximate surface area is 131 Å². The van der Waals surface area contributed by atoms with Crippen LogP contribution in [-0.2, 0) is 6.54 Å². The molecule has 0 radical (unpaired) electrons. The highest BCUT2D eigenvalue weighted by Crippen LogP contribution is 2.21. The topological polar surface area (TPSA) is 34.9 Å². The fourth-order valence-electron chi connectivity index (χ4n) is 2.23. The number of halogens is 1. The molecule has 0 aliphatic heterocycles. The molecule has 0 saturated carbocycles. The van der Waals surface area contributed by atoms with Crippen molar-refractivity contribution in [2.24, 2.45) is 0 Å². The summed E-state index contributed by atoms with van der Waals surface area (Å²) in [6.45, 7) is 7.03. The van der Waals surface area contributed by atoms with Gasteiger partial charge in [-0.3, -0.25) is 4.79 Å². The number of rotatable bonds is 5. The third kappa shape index (κ3) is 3.33.